The highest BCUT2D eigenvalue weighted by Crippen LogP contribution is 2.32. The van der Waals surface area contributed by atoms with Crippen molar-refractivity contribution in [2.45, 2.75) is 26.0 Å². The van der Waals surface area contributed by atoms with Crippen LogP contribution in [-0.4, -0.2) is 39.7 Å². The number of hydrogen-bond donors (Lipinski definition) is 3. The minimum atomic E-state index is -0.241. The van der Waals surface area contributed by atoms with Gasteiger partial charge in [-0.2, -0.15) is 14.9 Å². The lowest BCUT2D eigenvalue weighted by atomic mass is 10.1. The summed E-state index contributed by atoms with van der Waals surface area (Å²) in [5.74, 6) is 1.24. The molecule has 2 aliphatic rings. The first-order valence-electron chi connectivity index (χ1n) is 9.46. The Bertz CT molecular complexity index is 1180. The molecule has 4 heterocycles. The number of fused-ring (bicyclic) bond motifs is 6. The van der Waals surface area contributed by atoms with Gasteiger partial charge in [-0.1, -0.05) is 0 Å². The number of rotatable bonds is 0. The maximum atomic E-state index is 12.8. The lowest BCUT2D eigenvalue weighted by Gasteiger charge is -2.17. The quantitative estimate of drug-likeness (QED) is 0.538. The van der Waals surface area contributed by atoms with Gasteiger partial charge in [-0.25, -0.2) is 4.98 Å². The Hall–Kier alpha value is -3.64. The largest absolute Gasteiger partial charge is 0.375 e. The average molecular weight is 389 g/mol. The number of carbonyl (C=O) groups excluding carboxylic acids is 1. The van der Waals surface area contributed by atoms with E-state index in [2.05, 4.69) is 27.1 Å². The number of aromatic nitrogens is 3. The second-order valence-electron chi connectivity index (χ2n) is 7.30. The van der Waals surface area contributed by atoms with Gasteiger partial charge >= 0.3 is 0 Å². The van der Waals surface area contributed by atoms with E-state index >= 15 is 0 Å². The van der Waals surface area contributed by atoms with Crippen molar-refractivity contribution in [2.75, 3.05) is 23.8 Å². The van der Waals surface area contributed by atoms with Gasteiger partial charge < -0.3 is 20.7 Å². The van der Waals surface area contributed by atoms with Gasteiger partial charge in [0.25, 0.3) is 5.91 Å². The van der Waals surface area contributed by atoms with Gasteiger partial charge in [0, 0.05) is 23.8 Å². The normalized spacial score (nSPS) is 18.3. The van der Waals surface area contributed by atoms with Crippen molar-refractivity contribution >= 4 is 28.9 Å². The van der Waals surface area contributed by atoms with E-state index in [0.29, 0.717) is 35.8 Å². The van der Waals surface area contributed by atoms with Crippen molar-refractivity contribution in [1.82, 2.24) is 19.9 Å². The molecule has 0 aliphatic carbocycles. The van der Waals surface area contributed by atoms with Gasteiger partial charge in [-0.3, -0.25) is 4.79 Å². The molecule has 29 heavy (non-hydrogen) atoms. The molecule has 0 radical (unpaired) electrons. The van der Waals surface area contributed by atoms with Crippen molar-refractivity contribution in [3.05, 3.63) is 46.6 Å². The number of nitriles is 1. The molecular formula is C20H19N7O2. The molecule has 0 saturated carbocycles. The minimum Gasteiger partial charge on any atom is -0.375 e. The Kier molecular flexibility index (Phi) is 4.07. The van der Waals surface area contributed by atoms with Crippen LogP contribution in [0, 0.1) is 11.3 Å². The molecular weight excluding hydrogens is 370 g/mol. The fourth-order valence-corrected chi connectivity index (χ4v) is 3.76. The zero-order chi connectivity index (χ0) is 20.0. The number of benzene rings is 1. The van der Waals surface area contributed by atoms with E-state index in [1.807, 2.05) is 13.0 Å². The van der Waals surface area contributed by atoms with Crippen molar-refractivity contribution in [3.63, 3.8) is 0 Å². The van der Waals surface area contributed by atoms with Gasteiger partial charge in [0.05, 0.1) is 31.0 Å². The molecule has 2 aromatic heterocycles. The topological polar surface area (TPSA) is 116 Å². The van der Waals surface area contributed by atoms with Crippen LogP contribution in [0.15, 0.2) is 24.4 Å². The second kappa shape index (κ2) is 6.76. The van der Waals surface area contributed by atoms with Crippen molar-refractivity contribution in [1.29, 1.82) is 5.26 Å². The number of carbonyl (C=O) groups is 1. The number of amides is 1. The van der Waals surface area contributed by atoms with E-state index in [0.717, 1.165) is 35.6 Å². The standard InChI is InChI=1S/C20H19N7O2/c1-11-9-29-10-13-4-12(7-21)5-14(6-13)25-17-15-2-3-22-18(15)27-19(26-17)16(8-23-27)20(28)24-11/h4-6,8,11,22H,2-3,9-10H2,1H3,(H,24,28)(H,25,26). The summed E-state index contributed by atoms with van der Waals surface area (Å²) < 4.78 is 7.43. The zero-order valence-corrected chi connectivity index (χ0v) is 15.8. The molecule has 9 heteroatoms. The fourth-order valence-electron chi connectivity index (χ4n) is 3.76. The summed E-state index contributed by atoms with van der Waals surface area (Å²) in [6.45, 7) is 3.34. The summed E-state index contributed by atoms with van der Waals surface area (Å²) in [4.78, 5) is 17.5. The van der Waals surface area contributed by atoms with Crippen LogP contribution in [0.25, 0.3) is 5.65 Å². The van der Waals surface area contributed by atoms with Crippen LogP contribution < -0.4 is 16.0 Å². The van der Waals surface area contributed by atoms with Crippen LogP contribution in [0.2, 0.25) is 0 Å². The first-order valence-corrected chi connectivity index (χ1v) is 9.46. The van der Waals surface area contributed by atoms with E-state index < -0.39 is 0 Å². The van der Waals surface area contributed by atoms with Crippen molar-refractivity contribution < 1.29 is 9.53 Å². The molecule has 1 atom stereocenters. The van der Waals surface area contributed by atoms with E-state index in [-0.39, 0.29) is 11.9 Å². The van der Waals surface area contributed by atoms with Gasteiger partial charge in [0.1, 0.15) is 17.2 Å². The molecule has 3 aromatic rings. The Morgan fingerprint density at radius 1 is 1.34 bits per heavy atom. The Morgan fingerprint density at radius 3 is 3.10 bits per heavy atom. The lowest BCUT2D eigenvalue weighted by Crippen LogP contribution is -2.35. The summed E-state index contributed by atoms with van der Waals surface area (Å²) in [5, 5.41) is 23.4. The molecule has 146 valence electrons. The van der Waals surface area contributed by atoms with E-state index in [1.54, 1.807) is 16.6 Å². The van der Waals surface area contributed by atoms with E-state index in [4.69, 9.17) is 9.72 Å². The fraction of sp³-hybridized carbons (Fsp3) is 0.300. The van der Waals surface area contributed by atoms with Gasteiger partial charge in [-0.05, 0) is 37.1 Å². The third-order valence-electron chi connectivity index (χ3n) is 5.06. The molecule has 4 bridgehead atoms. The van der Waals surface area contributed by atoms with Gasteiger partial charge in [-0.15, -0.1) is 0 Å². The predicted octanol–water partition coefficient (Wildman–Crippen LogP) is 1.96. The predicted molar refractivity (Wildman–Crippen MR) is 106 cm³/mol. The third-order valence-corrected chi connectivity index (χ3v) is 5.06. The molecule has 2 aliphatic heterocycles. The first-order chi connectivity index (χ1) is 14.1. The maximum Gasteiger partial charge on any atom is 0.257 e. The maximum absolute atomic E-state index is 12.8. The van der Waals surface area contributed by atoms with Crippen LogP contribution >= 0.6 is 0 Å². The van der Waals surface area contributed by atoms with Crippen LogP contribution in [0.3, 0.4) is 0 Å². The average Bonchev–Trinajstić information content (AvgIpc) is 3.34. The Labute approximate surface area is 166 Å². The van der Waals surface area contributed by atoms with Crippen LogP contribution in [0.1, 0.15) is 34.0 Å². The number of hydrogen-bond acceptors (Lipinski definition) is 7. The van der Waals surface area contributed by atoms with Crippen LogP contribution in [0.5, 0.6) is 0 Å². The zero-order valence-electron chi connectivity index (χ0n) is 15.8. The number of ether oxygens (including phenoxy) is 1. The van der Waals surface area contributed by atoms with Gasteiger partial charge in [0.2, 0.25) is 0 Å². The summed E-state index contributed by atoms with van der Waals surface area (Å²) in [6.07, 6.45) is 2.32. The van der Waals surface area contributed by atoms with Crippen LogP contribution in [-0.2, 0) is 17.8 Å². The second-order valence-corrected chi connectivity index (χ2v) is 7.30. The van der Waals surface area contributed by atoms with Gasteiger partial charge in [0.15, 0.2) is 5.65 Å². The number of anilines is 3. The summed E-state index contributed by atoms with van der Waals surface area (Å²) in [6, 6.07) is 7.54. The monoisotopic (exact) mass is 389 g/mol. The van der Waals surface area contributed by atoms with Crippen molar-refractivity contribution in [3.8, 4) is 6.07 Å². The third kappa shape index (κ3) is 3.03. The summed E-state index contributed by atoms with van der Waals surface area (Å²) >= 11 is 0. The highest BCUT2D eigenvalue weighted by atomic mass is 16.5. The van der Waals surface area contributed by atoms with E-state index in [9.17, 15) is 10.1 Å². The number of nitrogens with one attached hydrogen (secondary N) is 3. The van der Waals surface area contributed by atoms with E-state index in [1.165, 1.54) is 6.20 Å². The molecule has 0 saturated heterocycles. The molecule has 5 rings (SSSR count). The number of nitrogens with zero attached hydrogens (tertiary/aromatic N) is 4. The highest BCUT2D eigenvalue weighted by Gasteiger charge is 2.25. The first kappa shape index (κ1) is 17.5. The lowest BCUT2D eigenvalue weighted by molar-refractivity contribution is 0.0821. The molecule has 9 nitrogen and oxygen atoms in total. The molecule has 0 spiro atoms. The summed E-state index contributed by atoms with van der Waals surface area (Å²) in [7, 11) is 0. The van der Waals surface area contributed by atoms with Crippen molar-refractivity contribution in [2.24, 2.45) is 0 Å². The van der Waals surface area contributed by atoms with Crippen LogP contribution in [0.4, 0.5) is 17.3 Å². The Morgan fingerprint density at radius 2 is 2.24 bits per heavy atom. The summed E-state index contributed by atoms with van der Waals surface area (Å²) in [5.41, 5.74) is 4.04. The minimum absolute atomic E-state index is 0.191. The SMILES string of the molecule is CC1COCc2cc(C#N)cc(c2)Nc2nc3c(cnn3c3c2CCN3)C(=O)N1. The Balaban J connectivity index is 1.71. The smallest absolute Gasteiger partial charge is 0.257 e. The molecule has 1 unspecified atom stereocenters. The molecule has 1 amide bonds. The molecule has 3 N–H and O–H groups in total. The highest BCUT2D eigenvalue weighted by molar-refractivity contribution is 6.00. The molecule has 0 fully saturated rings. The molecule has 1 aromatic carbocycles.